The van der Waals surface area contributed by atoms with Gasteiger partial charge in [-0.25, -0.2) is 0 Å². The fourth-order valence-electron chi connectivity index (χ4n) is 4.48. The van der Waals surface area contributed by atoms with E-state index in [4.69, 9.17) is 14.2 Å². The first-order valence-electron chi connectivity index (χ1n) is 8.08. The second kappa shape index (κ2) is 5.51. The van der Waals surface area contributed by atoms with E-state index >= 15 is 0 Å². The number of aliphatic hydroxyl groups excluding tert-OH is 1. The first kappa shape index (κ1) is 15.0. The van der Waals surface area contributed by atoms with Crippen molar-refractivity contribution in [2.24, 2.45) is 0 Å². The number of hydrogen-bond acceptors (Lipinski definition) is 5. The Morgan fingerprint density at radius 2 is 1.87 bits per heavy atom. The highest BCUT2D eigenvalue weighted by Gasteiger charge is 2.49. The molecule has 1 aromatic rings. The molecule has 4 rings (SSSR count). The molecule has 1 saturated heterocycles. The van der Waals surface area contributed by atoms with Crippen molar-refractivity contribution in [3.8, 4) is 11.5 Å². The van der Waals surface area contributed by atoms with Crippen LogP contribution in [0.15, 0.2) is 23.8 Å². The van der Waals surface area contributed by atoms with Gasteiger partial charge < -0.3 is 19.3 Å². The first-order valence-corrected chi connectivity index (χ1v) is 8.08. The second-order valence-corrected chi connectivity index (χ2v) is 6.53. The predicted octanol–water partition coefficient (Wildman–Crippen LogP) is 1.69. The predicted molar refractivity (Wildman–Crippen MR) is 86.0 cm³/mol. The van der Waals surface area contributed by atoms with E-state index in [2.05, 4.69) is 17.0 Å². The topological polar surface area (TPSA) is 51.2 Å². The standard InChI is InChI=1S/C18H23NO4/c1-21-13-7-11-9-19-5-4-10-6-15(23-3)18(20)16(17(10)19)12(11)8-14(13)22-2/h6-8,15-18,20H,4-5,9H2,1-3H3/t15-,16-,17-,18+/m0/s1. The van der Waals surface area contributed by atoms with E-state index < -0.39 is 6.10 Å². The largest absolute Gasteiger partial charge is 0.493 e. The van der Waals surface area contributed by atoms with Crippen molar-refractivity contribution in [1.82, 2.24) is 4.90 Å². The quantitative estimate of drug-likeness (QED) is 0.860. The summed E-state index contributed by atoms with van der Waals surface area (Å²) in [6.45, 7) is 1.92. The van der Waals surface area contributed by atoms with Crippen molar-refractivity contribution in [2.45, 2.75) is 37.1 Å². The van der Waals surface area contributed by atoms with E-state index in [1.54, 1.807) is 21.3 Å². The molecule has 0 spiro atoms. The van der Waals surface area contributed by atoms with E-state index in [1.807, 2.05) is 6.07 Å². The lowest BCUT2D eigenvalue weighted by Gasteiger charge is -2.45. The molecule has 1 N–H and O–H groups in total. The molecule has 4 atom stereocenters. The maximum atomic E-state index is 10.9. The monoisotopic (exact) mass is 317 g/mol. The maximum Gasteiger partial charge on any atom is 0.161 e. The van der Waals surface area contributed by atoms with Gasteiger partial charge in [0.15, 0.2) is 11.5 Å². The van der Waals surface area contributed by atoms with Gasteiger partial charge in [-0.05, 0) is 29.7 Å². The molecule has 23 heavy (non-hydrogen) atoms. The molecule has 1 fully saturated rings. The van der Waals surface area contributed by atoms with Crippen LogP contribution in [0.5, 0.6) is 11.5 Å². The summed E-state index contributed by atoms with van der Waals surface area (Å²) < 4.78 is 16.4. The van der Waals surface area contributed by atoms with Crippen LogP contribution in [-0.2, 0) is 11.3 Å². The highest BCUT2D eigenvalue weighted by molar-refractivity contribution is 5.52. The van der Waals surface area contributed by atoms with Crippen molar-refractivity contribution in [1.29, 1.82) is 0 Å². The lowest BCUT2D eigenvalue weighted by molar-refractivity contribution is -0.0231. The number of fused-ring (bicyclic) bond motifs is 2. The minimum atomic E-state index is -0.550. The van der Waals surface area contributed by atoms with Gasteiger partial charge in [0.2, 0.25) is 0 Å². The van der Waals surface area contributed by atoms with Crippen LogP contribution in [0.1, 0.15) is 23.5 Å². The van der Waals surface area contributed by atoms with Gasteiger partial charge in [0.25, 0.3) is 0 Å². The van der Waals surface area contributed by atoms with Crippen molar-refractivity contribution in [3.63, 3.8) is 0 Å². The Hall–Kier alpha value is -1.56. The molecule has 2 heterocycles. The summed E-state index contributed by atoms with van der Waals surface area (Å²) in [5.74, 6) is 1.48. The fourth-order valence-corrected chi connectivity index (χ4v) is 4.48. The van der Waals surface area contributed by atoms with Gasteiger partial charge in [-0.15, -0.1) is 0 Å². The molecule has 2 aliphatic heterocycles. The summed E-state index contributed by atoms with van der Waals surface area (Å²) in [7, 11) is 4.97. The van der Waals surface area contributed by atoms with Crippen molar-refractivity contribution >= 4 is 0 Å². The van der Waals surface area contributed by atoms with E-state index in [0.29, 0.717) is 0 Å². The molecular weight excluding hydrogens is 294 g/mol. The van der Waals surface area contributed by atoms with Crippen molar-refractivity contribution < 1.29 is 19.3 Å². The fraction of sp³-hybridized carbons (Fsp3) is 0.556. The Bertz CT molecular complexity index is 657. The van der Waals surface area contributed by atoms with Crippen LogP contribution in [0.3, 0.4) is 0 Å². The van der Waals surface area contributed by atoms with Crippen LogP contribution in [0, 0.1) is 0 Å². The molecule has 0 saturated carbocycles. The van der Waals surface area contributed by atoms with Crippen LogP contribution < -0.4 is 9.47 Å². The van der Waals surface area contributed by atoms with Gasteiger partial charge in [-0.1, -0.05) is 11.6 Å². The zero-order chi connectivity index (χ0) is 16.1. The van der Waals surface area contributed by atoms with Crippen LogP contribution in [-0.4, -0.2) is 56.1 Å². The summed E-state index contributed by atoms with van der Waals surface area (Å²) >= 11 is 0. The van der Waals surface area contributed by atoms with Crippen molar-refractivity contribution in [2.75, 3.05) is 27.9 Å². The molecule has 0 amide bonds. The number of aliphatic hydroxyl groups is 1. The van der Waals surface area contributed by atoms with E-state index in [0.717, 1.165) is 36.6 Å². The molecule has 3 aliphatic rings. The number of ether oxygens (including phenoxy) is 3. The molecule has 1 aliphatic carbocycles. The Morgan fingerprint density at radius 1 is 1.13 bits per heavy atom. The number of rotatable bonds is 3. The molecule has 5 heteroatoms. The first-order chi connectivity index (χ1) is 11.2. The van der Waals surface area contributed by atoms with Gasteiger partial charge in [0.1, 0.15) is 6.10 Å². The molecule has 5 nitrogen and oxygen atoms in total. The lowest BCUT2D eigenvalue weighted by atomic mass is 9.73. The number of hydrogen-bond donors (Lipinski definition) is 1. The Kier molecular flexibility index (Phi) is 3.59. The average molecular weight is 317 g/mol. The minimum absolute atomic E-state index is 0.0195. The Morgan fingerprint density at radius 3 is 2.57 bits per heavy atom. The molecule has 124 valence electrons. The third-order valence-corrected chi connectivity index (χ3v) is 5.53. The molecule has 0 aromatic heterocycles. The molecule has 0 radical (unpaired) electrons. The van der Waals surface area contributed by atoms with Gasteiger partial charge >= 0.3 is 0 Å². The highest BCUT2D eigenvalue weighted by Crippen LogP contribution is 2.49. The summed E-state index contributed by atoms with van der Waals surface area (Å²) in [4.78, 5) is 2.46. The van der Waals surface area contributed by atoms with Gasteiger partial charge in [-0.3, -0.25) is 4.90 Å². The Labute approximate surface area is 136 Å². The van der Waals surface area contributed by atoms with Gasteiger partial charge in [-0.2, -0.15) is 0 Å². The summed E-state index contributed by atoms with van der Waals surface area (Å²) in [6, 6.07) is 4.37. The SMILES string of the molecule is COc1cc2c(cc1OC)[C@@H]1[C@H](O)[C@@H](OC)C=C3CCN(C2)[C@@H]31. The zero-order valence-corrected chi connectivity index (χ0v) is 13.8. The molecular formula is C18H23NO4. The number of benzene rings is 1. The van der Waals surface area contributed by atoms with Crippen molar-refractivity contribution in [3.05, 3.63) is 34.9 Å². The summed E-state index contributed by atoms with van der Waals surface area (Å²) in [5, 5.41) is 10.9. The Balaban J connectivity index is 1.86. The number of methoxy groups -OCH3 is 3. The van der Waals surface area contributed by atoms with Gasteiger partial charge in [0, 0.05) is 32.2 Å². The van der Waals surface area contributed by atoms with Crippen LogP contribution in [0.4, 0.5) is 0 Å². The molecule has 1 aromatic carbocycles. The summed E-state index contributed by atoms with van der Waals surface area (Å²) in [5.41, 5.74) is 3.76. The maximum absolute atomic E-state index is 10.9. The van der Waals surface area contributed by atoms with E-state index in [-0.39, 0.29) is 18.1 Å². The molecule has 0 unspecified atom stereocenters. The minimum Gasteiger partial charge on any atom is -0.493 e. The molecule has 0 bridgehead atoms. The lowest BCUT2D eigenvalue weighted by Crippen LogP contribution is -2.50. The van der Waals surface area contributed by atoms with E-state index in [9.17, 15) is 5.11 Å². The van der Waals surface area contributed by atoms with Crippen LogP contribution in [0.25, 0.3) is 0 Å². The second-order valence-electron chi connectivity index (χ2n) is 6.53. The van der Waals surface area contributed by atoms with Crippen LogP contribution >= 0.6 is 0 Å². The van der Waals surface area contributed by atoms with Gasteiger partial charge in [0.05, 0.1) is 20.3 Å². The highest BCUT2D eigenvalue weighted by atomic mass is 16.5. The average Bonchev–Trinajstić information content (AvgIpc) is 2.98. The number of nitrogens with zero attached hydrogens (tertiary/aromatic N) is 1. The normalized spacial score (nSPS) is 32.1. The third-order valence-electron chi connectivity index (χ3n) is 5.53. The third kappa shape index (κ3) is 2.11. The van der Waals surface area contributed by atoms with Crippen LogP contribution in [0.2, 0.25) is 0 Å². The summed E-state index contributed by atoms with van der Waals surface area (Å²) in [6.07, 6.45) is 2.38. The smallest absolute Gasteiger partial charge is 0.161 e. The van der Waals surface area contributed by atoms with E-state index in [1.165, 1.54) is 11.1 Å². The zero-order valence-electron chi connectivity index (χ0n) is 13.8.